The van der Waals surface area contributed by atoms with Gasteiger partial charge in [0.15, 0.2) is 5.78 Å². The molecule has 3 heteroatoms. The second kappa shape index (κ2) is 6.48. The number of carbonyl (C=O) groups is 1. The molecule has 0 saturated carbocycles. The zero-order valence-corrected chi connectivity index (χ0v) is 14.8. The third-order valence-electron chi connectivity index (χ3n) is 4.84. The Bertz CT molecular complexity index is 727. The van der Waals surface area contributed by atoms with E-state index in [1.165, 1.54) is 22.0 Å². The zero-order chi connectivity index (χ0) is 16.6. The Labute approximate surface area is 139 Å². The van der Waals surface area contributed by atoms with Crippen LogP contribution in [-0.2, 0) is 19.9 Å². The molecule has 1 aliphatic carbocycles. The molecule has 1 atom stereocenters. The van der Waals surface area contributed by atoms with Crippen LogP contribution in [0.2, 0.25) is 0 Å². The van der Waals surface area contributed by atoms with Gasteiger partial charge < -0.3 is 9.88 Å². The first-order valence-electron chi connectivity index (χ1n) is 8.87. The molecule has 0 aliphatic heterocycles. The van der Waals surface area contributed by atoms with Crippen molar-refractivity contribution in [3.8, 4) is 0 Å². The minimum Gasteiger partial charge on any atom is -0.350 e. The minimum absolute atomic E-state index is 0.294. The fourth-order valence-electron chi connectivity index (χ4n) is 3.84. The Morgan fingerprint density at radius 2 is 2.13 bits per heavy atom. The maximum atomic E-state index is 12.7. The van der Waals surface area contributed by atoms with Crippen molar-refractivity contribution in [2.45, 2.75) is 52.5 Å². The molecular formula is C20H28N2O. The van der Waals surface area contributed by atoms with E-state index in [0.29, 0.717) is 24.2 Å². The highest BCUT2D eigenvalue weighted by atomic mass is 16.1. The van der Waals surface area contributed by atoms with Gasteiger partial charge in [-0.05, 0) is 55.0 Å². The molecule has 1 aromatic carbocycles. The zero-order valence-electron chi connectivity index (χ0n) is 14.8. The highest BCUT2D eigenvalue weighted by molar-refractivity contribution is 6.03. The summed E-state index contributed by atoms with van der Waals surface area (Å²) in [4.78, 5) is 12.7. The summed E-state index contributed by atoms with van der Waals surface area (Å²) >= 11 is 0. The lowest BCUT2D eigenvalue weighted by Gasteiger charge is -2.25. The summed E-state index contributed by atoms with van der Waals surface area (Å²) in [6.07, 6.45) is 6.04. The van der Waals surface area contributed by atoms with Gasteiger partial charge >= 0.3 is 0 Å². The summed E-state index contributed by atoms with van der Waals surface area (Å²) in [5.41, 5.74) is 4.85. The van der Waals surface area contributed by atoms with Crippen molar-refractivity contribution >= 4 is 16.7 Å². The summed E-state index contributed by atoms with van der Waals surface area (Å²) in [7, 11) is 2.10. The van der Waals surface area contributed by atoms with E-state index in [9.17, 15) is 4.79 Å². The Morgan fingerprint density at radius 3 is 2.83 bits per heavy atom. The lowest BCUT2D eigenvalue weighted by Crippen LogP contribution is -2.36. The first-order chi connectivity index (χ1) is 11.0. The van der Waals surface area contributed by atoms with Crippen LogP contribution in [0.3, 0.4) is 0 Å². The van der Waals surface area contributed by atoms with Gasteiger partial charge in [0.1, 0.15) is 0 Å². The SMILES string of the molecule is CCCNC1Cc2cn(C)c3ccc(C(=O)CC(C)C)c(c23)C1. The van der Waals surface area contributed by atoms with E-state index < -0.39 is 0 Å². The van der Waals surface area contributed by atoms with Crippen LogP contribution in [0.15, 0.2) is 18.3 Å². The molecule has 0 bridgehead atoms. The van der Waals surface area contributed by atoms with E-state index in [1.807, 2.05) is 6.07 Å². The van der Waals surface area contributed by atoms with Gasteiger partial charge in [-0.25, -0.2) is 0 Å². The van der Waals surface area contributed by atoms with Crippen LogP contribution in [0.1, 0.15) is 55.1 Å². The molecule has 1 aromatic heterocycles. The average molecular weight is 312 g/mol. The highest BCUT2D eigenvalue weighted by Gasteiger charge is 2.26. The lowest BCUT2D eigenvalue weighted by molar-refractivity contribution is 0.0967. The lowest BCUT2D eigenvalue weighted by atomic mass is 9.84. The van der Waals surface area contributed by atoms with E-state index in [4.69, 9.17) is 0 Å². The Balaban J connectivity index is 2.05. The predicted octanol–water partition coefficient (Wildman–Crippen LogP) is 3.87. The second-order valence-electron chi connectivity index (χ2n) is 7.33. The fraction of sp³-hybridized carbons (Fsp3) is 0.550. The Hall–Kier alpha value is -1.61. The van der Waals surface area contributed by atoms with Gasteiger partial charge in [0.2, 0.25) is 0 Å². The van der Waals surface area contributed by atoms with Crippen LogP contribution in [0.5, 0.6) is 0 Å². The molecule has 0 radical (unpaired) electrons. The van der Waals surface area contributed by atoms with Crippen molar-refractivity contribution in [3.63, 3.8) is 0 Å². The first-order valence-corrected chi connectivity index (χ1v) is 8.87. The Morgan fingerprint density at radius 1 is 1.35 bits per heavy atom. The molecule has 1 N–H and O–H groups in total. The molecule has 2 aromatic rings. The molecule has 124 valence electrons. The first kappa shape index (κ1) is 16.3. The number of benzene rings is 1. The third kappa shape index (κ3) is 3.07. The van der Waals surface area contributed by atoms with E-state index in [0.717, 1.165) is 31.4 Å². The quantitative estimate of drug-likeness (QED) is 0.822. The molecule has 3 nitrogen and oxygen atoms in total. The van der Waals surface area contributed by atoms with E-state index in [2.05, 4.69) is 50.0 Å². The Kier molecular flexibility index (Phi) is 4.58. The number of rotatable bonds is 6. The summed E-state index contributed by atoms with van der Waals surface area (Å²) in [6, 6.07) is 4.62. The van der Waals surface area contributed by atoms with Crippen LogP contribution in [0, 0.1) is 5.92 Å². The van der Waals surface area contributed by atoms with Crippen molar-refractivity contribution in [3.05, 3.63) is 35.0 Å². The fourth-order valence-corrected chi connectivity index (χ4v) is 3.84. The average Bonchev–Trinajstić information content (AvgIpc) is 2.82. The maximum Gasteiger partial charge on any atom is 0.163 e. The highest BCUT2D eigenvalue weighted by Crippen LogP contribution is 2.34. The number of hydrogen-bond donors (Lipinski definition) is 1. The summed E-state index contributed by atoms with van der Waals surface area (Å²) in [6.45, 7) is 7.46. The van der Waals surface area contributed by atoms with Crippen molar-refractivity contribution < 1.29 is 4.79 Å². The van der Waals surface area contributed by atoms with Gasteiger partial charge in [0.25, 0.3) is 0 Å². The molecule has 0 spiro atoms. The topological polar surface area (TPSA) is 34.0 Å². The molecule has 0 fully saturated rings. The summed E-state index contributed by atoms with van der Waals surface area (Å²) in [5.74, 6) is 0.695. The standard InChI is InChI=1S/C20H28N2O/c1-5-8-21-15-10-14-12-22(4)18-7-6-16(17(11-15)20(14)18)19(23)9-13(2)3/h6-7,12-13,15,21H,5,8-11H2,1-4H3. The van der Waals surface area contributed by atoms with E-state index in [1.54, 1.807) is 0 Å². The molecular weight excluding hydrogens is 284 g/mol. The van der Waals surface area contributed by atoms with Gasteiger partial charge in [-0.3, -0.25) is 4.79 Å². The van der Waals surface area contributed by atoms with E-state index in [-0.39, 0.29) is 0 Å². The van der Waals surface area contributed by atoms with Gasteiger partial charge in [0, 0.05) is 42.2 Å². The second-order valence-corrected chi connectivity index (χ2v) is 7.33. The van der Waals surface area contributed by atoms with Gasteiger partial charge in [-0.15, -0.1) is 0 Å². The van der Waals surface area contributed by atoms with E-state index >= 15 is 0 Å². The predicted molar refractivity (Wildman–Crippen MR) is 96.2 cm³/mol. The van der Waals surface area contributed by atoms with Gasteiger partial charge in [-0.2, -0.15) is 0 Å². The van der Waals surface area contributed by atoms with Crippen LogP contribution in [0.4, 0.5) is 0 Å². The maximum absolute atomic E-state index is 12.7. The number of aryl methyl sites for hydroxylation is 1. The molecule has 0 amide bonds. The smallest absolute Gasteiger partial charge is 0.163 e. The number of nitrogens with one attached hydrogen (secondary N) is 1. The van der Waals surface area contributed by atoms with Gasteiger partial charge in [0.05, 0.1) is 0 Å². The minimum atomic E-state index is 0.294. The largest absolute Gasteiger partial charge is 0.350 e. The number of carbonyl (C=O) groups excluding carboxylic acids is 1. The molecule has 1 heterocycles. The number of ketones is 1. The number of aromatic nitrogens is 1. The monoisotopic (exact) mass is 312 g/mol. The number of hydrogen-bond acceptors (Lipinski definition) is 2. The molecule has 1 aliphatic rings. The summed E-state index contributed by atoms with van der Waals surface area (Å²) in [5, 5.41) is 4.98. The van der Waals surface area contributed by atoms with Crippen LogP contribution in [-0.4, -0.2) is 22.9 Å². The molecule has 0 saturated heterocycles. The van der Waals surface area contributed by atoms with Crippen molar-refractivity contribution in [1.29, 1.82) is 0 Å². The van der Waals surface area contributed by atoms with Crippen LogP contribution >= 0.6 is 0 Å². The molecule has 3 rings (SSSR count). The van der Waals surface area contributed by atoms with Crippen molar-refractivity contribution in [1.82, 2.24) is 9.88 Å². The van der Waals surface area contributed by atoms with Crippen LogP contribution < -0.4 is 5.32 Å². The summed E-state index contributed by atoms with van der Waals surface area (Å²) < 4.78 is 2.20. The number of nitrogens with zero attached hydrogens (tertiary/aromatic N) is 1. The van der Waals surface area contributed by atoms with Crippen molar-refractivity contribution in [2.75, 3.05) is 6.54 Å². The molecule has 1 unspecified atom stereocenters. The van der Waals surface area contributed by atoms with Gasteiger partial charge in [-0.1, -0.05) is 20.8 Å². The third-order valence-corrected chi connectivity index (χ3v) is 4.84. The number of Topliss-reactive ketones (excluding diaryl/α,β-unsaturated/α-hetero) is 1. The van der Waals surface area contributed by atoms with Crippen LogP contribution in [0.25, 0.3) is 10.9 Å². The molecule has 23 heavy (non-hydrogen) atoms. The normalized spacial score (nSPS) is 17.2. The van der Waals surface area contributed by atoms with Crippen molar-refractivity contribution in [2.24, 2.45) is 13.0 Å².